The molecule has 0 aliphatic carbocycles. The van der Waals surface area contributed by atoms with E-state index in [0.717, 1.165) is 43.1 Å². The lowest BCUT2D eigenvalue weighted by molar-refractivity contribution is -0.142. The van der Waals surface area contributed by atoms with E-state index in [-0.39, 0.29) is 6.10 Å². The third-order valence-electron chi connectivity index (χ3n) is 5.05. The van der Waals surface area contributed by atoms with Crippen LogP contribution in [-0.2, 0) is 11.2 Å². The minimum atomic E-state index is -1.47. The van der Waals surface area contributed by atoms with Gasteiger partial charge in [0, 0.05) is 31.8 Å². The van der Waals surface area contributed by atoms with Crippen molar-refractivity contribution in [3.05, 3.63) is 54.1 Å². The molecule has 3 rings (SSSR count). The second kappa shape index (κ2) is 10.5. The number of aliphatic hydroxyl groups excluding tert-OH is 1. The van der Waals surface area contributed by atoms with E-state index in [1.165, 1.54) is 5.69 Å². The molecular weight excluding hydrogens is 368 g/mol. The van der Waals surface area contributed by atoms with E-state index in [0.29, 0.717) is 13.0 Å². The normalized spacial score (nSPS) is 17.0. The Hall–Kier alpha value is -2.28. The van der Waals surface area contributed by atoms with E-state index in [1.807, 2.05) is 43.3 Å². The molecule has 1 heterocycles. The molecule has 6 heteroatoms. The van der Waals surface area contributed by atoms with Gasteiger partial charge in [0.05, 0.1) is 12.2 Å². The summed E-state index contributed by atoms with van der Waals surface area (Å²) >= 11 is 0. The van der Waals surface area contributed by atoms with Crippen molar-refractivity contribution in [3.8, 4) is 5.75 Å². The van der Waals surface area contributed by atoms with Crippen LogP contribution in [0.15, 0.2) is 48.5 Å². The summed E-state index contributed by atoms with van der Waals surface area (Å²) in [6, 6.07) is 16.3. The molecule has 0 saturated heterocycles. The maximum Gasteiger partial charge on any atom is 0.178 e. The Morgan fingerprint density at radius 3 is 2.66 bits per heavy atom. The van der Waals surface area contributed by atoms with Crippen LogP contribution >= 0.6 is 0 Å². The van der Waals surface area contributed by atoms with Gasteiger partial charge in [0.1, 0.15) is 18.0 Å². The first-order valence-electron chi connectivity index (χ1n) is 10.4. The molecule has 29 heavy (non-hydrogen) atoms. The molecule has 3 N–H and O–H groups in total. The van der Waals surface area contributed by atoms with Crippen molar-refractivity contribution in [3.63, 3.8) is 0 Å². The minimum Gasteiger partial charge on any atom is -0.487 e. The number of nitrogens with zero attached hydrogens (tertiary/aromatic N) is 1. The third-order valence-corrected chi connectivity index (χ3v) is 5.05. The molecule has 0 spiro atoms. The smallest absolute Gasteiger partial charge is 0.178 e. The molecule has 2 aromatic rings. The Kier molecular flexibility index (Phi) is 7.75. The van der Waals surface area contributed by atoms with Crippen molar-refractivity contribution in [1.82, 2.24) is 0 Å². The largest absolute Gasteiger partial charge is 0.487 e. The predicted octanol–water partition coefficient (Wildman–Crippen LogP) is 3.03. The van der Waals surface area contributed by atoms with E-state index < -0.39 is 12.4 Å². The van der Waals surface area contributed by atoms with Crippen LogP contribution in [-0.4, -0.2) is 55.0 Å². The number of nitrogens with one attached hydrogen (secondary N) is 1. The number of benzene rings is 2. The van der Waals surface area contributed by atoms with Gasteiger partial charge in [-0.15, -0.1) is 0 Å². The highest BCUT2D eigenvalue weighted by Gasteiger charge is 2.21. The summed E-state index contributed by atoms with van der Waals surface area (Å²) < 4.78 is 11.3. The van der Waals surface area contributed by atoms with Crippen molar-refractivity contribution in [2.75, 3.05) is 36.5 Å². The number of fused-ring (bicyclic) bond motifs is 1. The summed E-state index contributed by atoms with van der Waals surface area (Å²) in [7, 11) is 0. The van der Waals surface area contributed by atoms with Gasteiger partial charge < -0.3 is 29.9 Å². The molecule has 1 aliphatic rings. The van der Waals surface area contributed by atoms with Gasteiger partial charge in [0.25, 0.3) is 0 Å². The lowest BCUT2D eigenvalue weighted by Gasteiger charge is -2.35. The van der Waals surface area contributed by atoms with E-state index in [1.54, 1.807) is 0 Å². The third kappa shape index (κ3) is 6.10. The van der Waals surface area contributed by atoms with Crippen LogP contribution in [0.25, 0.3) is 0 Å². The van der Waals surface area contributed by atoms with Crippen LogP contribution in [0.4, 0.5) is 11.4 Å². The number of anilines is 2. The second-order valence-electron chi connectivity index (χ2n) is 7.43. The van der Waals surface area contributed by atoms with E-state index in [2.05, 4.69) is 29.3 Å². The van der Waals surface area contributed by atoms with Crippen LogP contribution in [0.1, 0.15) is 25.8 Å². The summed E-state index contributed by atoms with van der Waals surface area (Å²) in [4.78, 5) is 2.39. The average molecular weight is 401 g/mol. The van der Waals surface area contributed by atoms with Crippen molar-refractivity contribution in [2.24, 2.45) is 0 Å². The van der Waals surface area contributed by atoms with Gasteiger partial charge in [-0.1, -0.05) is 24.3 Å². The summed E-state index contributed by atoms with van der Waals surface area (Å²) in [6.07, 6.45) is -0.381. The Labute approximate surface area is 173 Å². The fourth-order valence-corrected chi connectivity index (χ4v) is 3.65. The number of hydrogen-bond acceptors (Lipinski definition) is 6. The Morgan fingerprint density at radius 2 is 1.93 bits per heavy atom. The topological polar surface area (TPSA) is 74.2 Å². The van der Waals surface area contributed by atoms with E-state index >= 15 is 0 Å². The molecule has 0 radical (unpaired) electrons. The highest BCUT2D eigenvalue weighted by atomic mass is 16.5. The van der Waals surface area contributed by atoms with Gasteiger partial charge >= 0.3 is 0 Å². The van der Waals surface area contributed by atoms with Gasteiger partial charge in [0.15, 0.2) is 6.29 Å². The molecule has 158 valence electrons. The maximum atomic E-state index is 9.39. The van der Waals surface area contributed by atoms with Crippen LogP contribution in [0.3, 0.4) is 0 Å². The molecule has 0 amide bonds. The molecule has 1 aliphatic heterocycles. The first-order valence-corrected chi connectivity index (χ1v) is 10.4. The quantitative estimate of drug-likeness (QED) is 0.421. The number of ether oxygens (including phenoxy) is 2. The fraction of sp³-hybridized carbons (Fsp3) is 0.478. The van der Waals surface area contributed by atoms with Crippen LogP contribution in [0.2, 0.25) is 0 Å². The zero-order chi connectivity index (χ0) is 20.6. The zero-order valence-corrected chi connectivity index (χ0v) is 17.3. The van der Waals surface area contributed by atoms with Crippen molar-refractivity contribution >= 4 is 11.4 Å². The molecule has 6 nitrogen and oxygen atoms in total. The van der Waals surface area contributed by atoms with E-state index in [9.17, 15) is 10.2 Å². The van der Waals surface area contributed by atoms with Gasteiger partial charge in [-0.05, 0) is 50.1 Å². The van der Waals surface area contributed by atoms with Gasteiger partial charge in [-0.25, -0.2) is 0 Å². The van der Waals surface area contributed by atoms with Gasteiger partial charge in [-0.3, -0.25) is 0 Å². The lowest BCUT2D eigenvalue weighted by Crippen LogP contribution is -2.39. The molecule has 0 fully saturated rings. The lowest BCUT2D eigenvalue weighted by atomic mass is 10.1. The van der Waals surface area contributed by atoms with Crippen LogP contribution in [0.5, 0.6) is 5.75 Å². The summed E-state index contributed by atoms with van der Waals surface area (Å²) in [5.74, 6) is 0.966. The molecule has 2 aromatic carbocycles. The molecule has 0 saturated carbocycles. The van der Waals surface area contributed by atoms with Crippen LogP contribution < -0.4 is 15.0 Å². The van der Waals surface area contributed by atoms with Crippen molar-refractivity contribution in [2.45, 2.75) is 45.2 Å². The molecule has 0 bridgehead atoms. The molecule has 2 atom stereocenters. The Morgan fingerprint density at radius 1 is 1.17 bits per heavy atom. The summed E-state index contributed by atoms with van der Waals surface area (Å²) in [5.41, 5.74) is 3.24. The first kappa shape index (κ1) is 21.4. The molecule has 2 unspecified atom stereocenters. The molecule has 0 aromatic heterocycles. The highest BCUT2D eigenvalue weighted by Crippen LogP contribution is 2.32. The Balaban J connectivity index is 1.45. The number of hydrogen-bond donors (Lipinski definition) is 3. The van der Waals surface area contributed by atoms with Crippen molar-refractivity contribution in [1.29, 1.82) is 0 Å². The minimum absolute atomic E-state index is 0.198. The highest BCUT2D eigenvalue weighted by molar-refractivity contribution is 5.60. The SMILES string of the molecule is CCOC(Cc1ccc(NCCCN2CC(C)Oc3ccccc32)cc1)C(O)O. The maximum absolute atomic E-state index is 9.39. The van der Waals surface area contributed by atoms with Gasteiger partial charge in [0.2, 0.25) is 0 Å². The Bertz CT molecular complexity index is 751. The summed E-state index contributed by atoms with van der Waals surface area (Å²) in [6.45, 7) is 7.16. The monoisotopic (exact) mass is 400 g/mol. The fourth-order valence-electron chi connectivity index (χ4n) is 3.65. The van der Waals surface area contributed by atoms with Crippen molar-refractivity contribution < 1.29 is 19.7 Å². The standard InChI is InChI=1S/C23H32N2O4/c1-3-28-22(23(26)27)15-18-9-11-19(12-10-18)24-13-6-14-25-16-17(2)29-21-8-5-4-7-20(21)25/h4-5,7-12,17,22-24,26-27H,3,6,13-16H2,1-2H3. The molecular formula is C23H32N2O4. The average Bonchev–Trinajstić information content (AvgIpc) is 2.71. The number of para-hydroxylation sites is 2. The first-order chi connectivity index (χ1) is 14.1. The van der Waals surface area contributed by atoms with E-state index in [4.69, 9.17) is 9.47 Å². The zero-order valence-electron chi connectivity index (χ0n) is 17.3. The summed E-state index contributed by atoms with van der Waals surface area (Å²) in [5, 5.41) is 22.2. The predicted molar refractivity (Wildman–Crippen MR) is 116 cm³/mol. The van der Waals surface area contributed by atoms with Crippen LogP contribution in [0, 0.1) is 0 Å². The number of rotatable bonds is 10. The number of aliphatic hydroxyl groups is 2. The second-order valence-corrected chi connectivity index (χ2v) is 7.43. The van der Waals surface area contributed by atoms with Gasteiger partial charge in [-0.2, -0.15) is 0 Å².